The monoisotopic (exact) mass is 292 g/mol. The third-order valence-corrected chi connectivity index (χ3v) is 3.80. The summed E-state index contributed by atoms with van der Waals surface area (Å²) in [7, 11) is 3.20. The average molecular weight is 292 g/mol. The van der Waals surface area contributed by atoms with Crippen LogP contribution in [0.25, 0.3) is 0 Å². The Morgan fingerprint density at radius 3 is 2.76 bits per heavy atom. The Bertz CT molecular complexity index is 490. The van der Waals surface area contributed by atoms with Crippen LogP contribution in [0.15, 0.2) is 18.2 Å². The van der Waals surface area contributed by atoms with Crippen LogP contribution in [-0.2, 0) is 11.2 Å². The first kappa shape index (κ1) is 15.6. The van der Waals surface area contributed by atoms with E-state index in [1.165, 1.54) is 0 Å². The van der Waals surface area contributed by atoms with Gasteiger partial charge in [0.05, 0.1) is 20.6 Å². The quantitative estimate of drug-likeness (QED) is 0.863. The molecule has 0 saturated carbocycles. The zero-order valence-corrected chi connectivity index (χ0v) is 12.9. The van der Waals surface area contributed by atoms with Crippen LogP contribution in [-0.4, -0.2) is 38.8 Å². The van der Waals surface area contributed by atoms with Crippen molar-refractivity contribution in [3.63, 3.8) is 0 Å². The lowest BCUT2D eigenvalue weighted by molar-refractivity contribution is -0.121. The molecule has 116 valence electrons. The number of methoxy groups -OCH3 is 2. The third kappa shape index (κ3) is 4.36. The minimum absolute atomic E-state index is 0.0568. The van der Waals surface area contributed by atoms with E-state index in [1.54, 1.807) is 14.2 Å². The highest BCUT2D eigenvalue weighted by molar-refractivity contribution is 5.79. The molecule has 2 atom stereocenters. The van der Waals surface area contributed by atoms with Crippen LogP contribution in [0.5, 0.6) is 11.5 Å². The molecule has 1 aliphatic heterocycles. The fourth-order valence-electron chi connectivity index (χ4n) is 2.72. The second-order valence-electron chi connectivity index (χ2n) is 5.51. The fourth-order valence-corrected chi connectivity index (χ4v) is 2.72. The molecule has 1 aromatic rings. The molecule has 0 spiro atoms. The maximum Gasteiger partial charge on any atom is 0.224 e. The molecule has 1 aromatic carbocycles. The molecule has 21 heavy (non-hydrogen) atoms. The van der Waals surface area contributed by atoms with E-state index >= 15 is 0 Å². The summed E-state index contributed by atoms with van der Waals surface area (Å²) in [5.74, 6) is 1.38. The number of rotatable bonds is 5. The Hall–Kier alpha value is -1.75. The van der Waals surface area contributed by atoms with Crippen LogP contribution in [0.4, 0.5) is 0 Å². The summed E-state index contributed by atoms with van der Waals surface area (Å²) in [6, 6.07) is 6.31. The second-order valence-corrected chi connectivity index (χ2v) is 5.51. The molecule has 1 fully saturated rings. The van der Waals surface area contributed by atoms with Crippen molar-refractivity contribution in [1.82, 2.24) is 10.6 Å². The Morgan fingerprint density at radius 1 is 1.33 bits per heavy atom. The predicted octanol–water partition coefficient (Wildman–Crippen LogP) is 1.50. The first-order valence-electron chi connectivity index (χ1n) is 7.36. The topological polar surface area (TPSA) is 59.6 Å². The number of hydrogen-bond donors (Lipinski definition) is 2. The minimum Gasteiger partial charge on any atom is -0.493 e. The molecule has 2 unspecified atom stereocenters. The van der Waals surface area contributed by atoms with Crippen molar-refractivity contribution < 1.29 is 14.3 Å². The summed E-state index contributed by atoms with van der Waals surface area (Å²) in [4.78, 5) is 12.1. The largest absolute Gasteiger partial charge is 0.493 e. The summed E-state index contributed by atoms with van der Waals surface area (Å²) in [6.07, 6.45) is 2.33. The van der Waals surface area contributed by atoms with Gasteiger partial charge in [-0.2, -0.15) is 0 Å². The standard InChI is InChI=1S/C16H24N2O3/c1-11-8-13(6-7-17-11)18-16(19)10-12-4-5-14(20-2)15(9-12)21-3/h4-5,9,11,13,17H,6-8,10H2,1-3H3,(H,18,19). The molecule has 5 nitrogen and oxygen atoms in total. The lowest BCUT2D eigenvalue weighted by Gasteiger charge is -2.28. The molecule has 0 aromatic heterocycles. The van der Waals surface area contributed by atoms with Crippen LogP contribution in [0.3, 0.4) is 0 Å². The molecule has 1 amide bonds. The number of ether oxygens (including phenoxy) is 2. The van der Waals surface area contributed by atoms with Crippen molar-refractivity contribution in [3.8, 4) is 11.5 Å². The van der Waals surface area contributed by atoms with E-state index in [-0.39, 0.29) is 11.9 Å². The summed E-state index contributed by atoms with van der Waals surface area (Å²) in [5.41, 5.74) is 0.923. The van der Waals surface area contributed by atoms with E-state index in [2.05, 4.69) is 17.6 Å². The van der Waals surface area contributed by atoms with Gasteiger partial charge in [-0.05, 0) is 44.0 Å². The van der Waals surface area contributed by atoms with Gasteiger partial charge in [-0.3, -0.25) is 4.79 Å². The van der Waals surface area contributed by atoms with Crippen molar-refractivity contribution in [1.29, 1.82) is 0 Å². The van der Waals surface area contributed by atoms with E-state index in [0.29, 0.717) is 24.0 Å². The van der Waals surface area contributed by atoms with Crippen molar-refractivity contribution in [2.75, 3.05) is 20.8 Å². The lowest BCUT2D eigenvalue weighted by atomic mass is 10.0. The Balaban J connectivity index is 1.93. The van der Waals surface area contributed by atoms with E-state index in [1.807, 2.05) is 18.2 Å². The highest BCUT2D eigenvalue weighted by atomic mass is 16.5. The SMILES string of the molecule is COc1ccc(CC(=O)NC2CCNC(C)C2)cc1OC. The lowest BCUT2D eigenvalue weighted by Crippen LogP contribution is -2.46. The van der Waals surface area contributed by atoms with Gasteiger partial charge < -0.3 is 20.1 Å². The maximum atomic E-state index is 12.1. The molecule has 2 N–H and O–H groups in total. The average Bonchev–Trinajstić information content (AvgIpc) is 2.47. The van der Waals surface area contributed by atoms with Gasteiger partial charge in [0.25, 0.3) is 0 Å². The van der Waals surface area contributed by atoms with Crippen molar-refractivity contribution in [3.05, 3.63) is 23.8 Å². The molecular weight excluding hydrogens is 268 g/mol. The van der Waals surface area contributed by atoms with Crippen molar-refractivity contribution >= 4 is 5.91 Å². The Morgan fingerprint density at radius 2 is 2.10 bits per heavy atom. The van der Waals surface area contributed by atoms with Gasteiger partial charge in [-0.15, -0.1) is 0 Å². The smallest absolute Gasteiger partial charge is 0.224 e. The maximum absolute atomic E-state index is 12.1. The normalized spacial score (nSPS) is 21.7. The molecule has 0 bridgehead atoms. The third-order valence-electron chi connectivity index (χ3n) is 3.80. The molecule has 0 radical (unpaired) electrons. The van der Waals surface area contributed by atoms with Gasteiger partial charge in [0.2, 0.25) is 5.91 Å². The number of nitrogens with one attached hydrogen (secondary N) is 2. The minimum atomic E-state index is 0.0568. The molecule has 0 aliphatic carbocycles. The number of amides is 1. The second kappa shape index (κ2) is 7.31. The molecule has 5 heteroatoms. The summed E-state index contributed by atoms with van der Waals surface area (Å²) >= 11 is 0. The number of hydrogen-bond acceptors (Lipinski definition) is 4. The van der Waals surface area contributed by atoms with E-state index in [4.69, 9.17) is 9.47 Å². The number of benzene rings is 1. The molecular formula is C16H24N2O3. The first-order valence-corrected chi connectivity index (χ1v) is 7.36. The van der Waals surface area contributed by atoms with Crippen molar-refractivity contribution in [2.45, 2.75) is 38.3 Å². The van der Waals surface area contributed by atoms with Gasteiger partial charge in [0.15, 0.2) is 11.5 Å². The molecule has 1 saturated heterocycles. The summed E-state index contributed by atoms with van der Waals surface area (Å²) in [5, 5.41) is 6.49. The van der Waals surface area contributed by atoms with Crippen LogP contribution in [0, 0.1) is 0 Å². The van der Waals surface area contributed by atoms with Crippen LogP contribution >= 0.6 is 0 Å². The predicted molar refractivity (Wildman–Crippen MR) is 81.9 cm³/mol. The summed E-state index contributed by atoms with van der Waals surface area (Å²) < 4.78 is 10.5. The fraction of sp³-hybridized carbons (Fsp3) is 0.562. The zero-order valence-electron chi connectivity index (χ0n) is 12.9. The van der Waals surface area contributed by atoms with Crippen LogP contribution in [0.1, 0.15) is 25.3 Å². The highest BCUT2D eigenvalue weighted by Gasteiger charge is 2.20. The molecule has 1 heterocycles. The number of carbonyl (C=O) groups excluding carboxylic acids is 1. The number of piperidine rings is 1. The first-order chi connectivity index (χ1) is 10.1. The van der Waals surface area contributed by atoms with Gasteiger partial charge in [-0.1, -0.05) is 6.07 Å². The van der Waals surface area contributed by atoms with Crippen LogP contribution < -0.4 is 20.1 Å². The van der Waals surface area contributed by atoms with Crippen molar-refractivity contribution in [2.24, 2.45) is 0 Å². The van der Waals surface area contributed by atoms with Gasteiger partial charge in [0, 0.05) is 12.1 Å². The zero-order chi connectivity index (χ0) is 15.2. The summed E-state index contributed by atoms with van der Waals surface area (Å²) in [6.45, 7) is 3.11. The van der Waals surface area contributed by atoms with E-state index in [0.717, 1.165) is 24.9 Å². The Labute approximate surface area is 126 Å². The molecule has 2 rings (SSSR count). The van der Waals surface area contributed by atoms with Gasteiger partial charge in [0.1, 0.15) is 0 Å². The van der Waals surface area contributed by atoms with Gasteiger partial charge in [-0.25, -0.2) is 0 Å². The number of carbonyl (C=O) groups is 1. The van der Waals surface area contributed by atoms with E-state index in [9.17, 15) is 4.79 Å². The molecule has 1 aliphatic rings. The van der Waals surface area contributed by atoms with Gasteiger partial charge >= 0.3 is 0 Å². The van der Waals surface area contributed by atoms with Crippen LogP contribution in [0.2, 0.25) is 0 Å². The Kier molecular flexibility index (Phi) is 5.44. The van der Waals surface area contributed by atoms with E-state index < -0.39 is 0 Å². The highest BCUT2D eigenvalue weighted by Crippen LogP contribution is 2.27.